The second-order valence-electron chi connectivity index (χ2n) is 21.2. The summed E-state index contributed by atoms with van der Waals surface area (Å²) < 4.78 is 12.3. The molecule has 0 unspecified atom stereocenters. The highest BCUT2D eigenvalue weighted by Crippen LogP contribution is 2.15. The van der Waals surface area contributed by atoms with Gasteiger partial charge in [0.2, 0.25) is 0 Å². The van der Waals surface area contributed by atoms with E-state index in [0.717, 1.165) is 0 Å². The maximum absolute atomic E-state index is 8.55. The van der Waals surface area contributed by atoms with Crippen LogP contribution in [0.4, 0.5) is 0 Å². The van der Waals surface area contributed by atoms with Gasteiger partial charge in [0, 0.05) is 0 Å². The lowest BCUT2D eigenvalue weighted by molar-refractivity contribution is -0.890. The van der Waals surface area contributed by atoms with Crippen LogP contribution in [0.1, 0.15) is 273 Å². The monoisotopic (exact) mass is 906 g/mol. The summed E-state index contributed by atoms with van der Waals surface area (Å²) in [4.78, 5) is 25.6. The van der Waals surface area contributed by atoms with Crippen LogP contribution in [-0.4, -0.2) is 95.0 Å². The molecule has 0 aliphatic carbocycles. The van der Waals surface area contributed by atoms with Gasteiger partial charge in [-0.3, -0.25) is 0 Å². The van der Waals surface area contributed by atoms with Crippen molar-refractivity contribution in [3.05, 3.63) is 0 Å². The Bertz CT molecular complexity index is 776. The lowest BCUT2D eigenvalue weighted by Gasteiger charge is -2.36. The van der Waals surface area contributed by atoms with Crippen molar-refractivity contribution >= 4 is 7.82 Å². The molecule has 0 saturated carbocycles. The molecule has 0 rings (SSSR count). The zero-order valence-corrected chi connectivity index (χ0v) is 46.0. The van der Waals surface area contributed by atoms with E-state index in [1.807, 2.05) is 0 Å². The minimum Gasteiger partial charge on any atom is -0.822 e. The first-order valence-electron chi connectivity index (χ1n) is 27.6. The maximum Gasteiger partial charge on any atom is 0.0782 e. The molecule has 0 aliphatic rings. The van der Waals surface area contributed by atoms with Crippen molar-refractivity contribution in [2.45, 2.75) is 273 Å². The molecule has 0 bridgehead atoms. The van der Waals surface area contributed by atoms with Crippen LogP contribution in [0.3, 0.4) is 0 Å². The van der Waals surface area contributed by atoms with E-state index in [1.165, 1.54) is 284 Å². The van der Waals surface area contributed by atoms with Gasteiger partial charge in [0.05, 0.1) is 81.6 Å². The molecule has 0 spiro atoms. The quantitative estimate of drug-likeness (QED) is 0.0347. The first kappa shape index (κ1) is 68.6. The van der Waals surface area contributed by atoms with Gasteiger partial charge in [-0.1, -0.05) is 196 Å². The van der Waals surface area contributed by atoms with Crippen molar-refractivity contribution in [1.29, 1.82) is 0 Å². The molecule has 0 heterocycles. The van der Waals surface area contributed by atoms with Crippen molar-refractivity contribution in [3.8, 4) is 0 Å². The Morgan fingerprint density at radius 2 is 0.339 bits per heavy atom. The third kappa shape index (κ3) is 71.6. The highest BCUT2D eigenvalue weighted by molar-refractivity contribution is 7.40. The summed E-state index contributed by atoms with van der Waals surface area (Å²) in [5.74, 6) is 0. The molecule has 0 N–H and O–H groups in total. The van der Waals surface area contributed by atoms with Crippen molar-refractivity contribution in [2.24, 2.45) is 0 Å². The Balaban J connectivity index is -0.000000385. The molecule has 0 aromatic carbocycles. The predicted molar refractivity (Wildman–Crippen MR) is 273 cm³/mol. The van der Waals surface area contributed by atoms with Crippen LogP contribution < -0.4 is 14.7 Å². The zero-order chi connectivity index (χ0) is 47.7. The molecule has 0 aromatic heterocycles. The molecule has 62 heavy (non-hydrogen) atoms. The van der Waals surface area contributed by atoms with Crippen LogP contribution in [-0.2, 0) is 4.57 Å². The normalized spacial score (nSPS) is 12.0. The summed E-state index contributed by atoms with van der Waals surface area (Å²) in [7, 11) is 9.07. The molecule has 0 radical (unpaired) electrons. The van der Waals surface area contributed by atoms with E-state index in [4.69, 9.17) is 19.2 Å². The predicted octanol–water partition coefficient (Wildman–Crippen LogP) is 14.5. The molecular formula is C54H120N3O4P. The van der Waals surface area contributed by atoms with Gasteiger partial charge in [-0.25, -0.2) is 0 Å². The SMILES string of the molecule is CCCCCCCCCC[N+](C)(C)CCCCCC.CCCCCCCCCC[N+](C)(C)CCCCCC.CCCCCCCCCC[N+](C)(C)CCCCCC.O=P([O-])([O-])[O-]. The van der Waals surface area contributed by atoms with Crippen molar-refractivity contribution in [1.82, 2.24) is 0 Å². The summed E-state index contributed by atoms with van der Waals surface area (Å²) in [6.45, 7) is 22.0. The Morgan fingerprint density at radius 1 is 0.242 bits per heavy atom. The molecular weight excluding hydrogens is 786 g/mol. The molecule has 0 atom stereocenters. The Hall–Kier alpha value is -0.0100. The van der Waals surface area contributed by atoms with Crippen LogP contribution in [0.5, 0.6) is 0 Å². The van der Waals surface area contributed by atoms with Crippen LogP contribution in [0.2, 0.25) is 0 Å². The van der Waals surface area contributed by atoms with Crippen molar-refractivity contribution in [3.63, 3.8) is 0 Å². The van der Waals surface area contributed by atoms with E-state index in [9.17, 15) is 0 Å². The van der Waals surface area contributed by atoms with Gasteiger partial charge in [0.25, 0.3) is 0 Å². The topological polar surface area (TPSA) is 86.2 Å². The Labute approximate surface area is 393 Å². The van der Waals surface area contributed by atoms with E-state index < -0.39 is 7.82 Å². The first-order valence-corrected chi connectivity index (χ1v) is 29.0. The minimum absolute atomic E-state index is 1.24. The van der Waals surface area contributed by atoms with Crippen molar-refractivity contribution < 1.29 is 32.7 Å². The van der Waals surface area contributed by atoms with Crippen LogP contribution in [0.25, 0.3) is 0 Å². The van der Waals surface area contributed by atoms with Gasteiger partial charge in [0.1, 0.15) is 0 Å². The van der Waals surface area contributed by atoms with E-state index in [2.05, 4.69) is 83.8 Å². The summed E-state index contributed by atoms with van der Waals surface area (Å²) in [5, 5.41) is 0. The third-order valence-corrected chi connectivity index (χ3v) is 12.7. The Morgan fingerprint density at radius 3 is 0.468 bits per heavy atom. The summed E-state index contributed by atoms with van der Waals surface area (Å²) >= 11 is 0. The average molecular weight is 907 g/mol. The van der Waals surface area contributed by atoms with E-state index >= 15 is 0 Å². The smallest absolute Gasteiger partial charge is 0.0782 e. The number of nitrogens with zero attached hydrogens (tertiary/aromatic N) is 3. The highest BCUT2D eigenvalue weighted by atomic mass is 31.2. The molecule has 8 heteroatoms. The van der Waals surface area contributed by atoms with E-state index in [0.29, 0.717) is 0 Å². The van der Waals surface area contributed by atoms with Gasteiger partial charge in [-0.15, -0.1) is 0 Å². The number of rotatable bonds is 42. The summed E-state index contributed by atoms with van der Waals surface area (Å²) in [6, 6.07) is 0. The van der Waals surface area contributed by atoms with Crippen molar-refractivity contribution in [2.75, 3.05) is 81.6 Å². The van der Waals surface area contributed by atoms with Crippen LogP contribution in [0, 0.1) is 0 Å². The lowest BCUT2D eigenvalue weighted by atomic mass is 10.1. The summed E-state index contributed by atoms with van der Waals surface area (Å²) in [6.07, 6.45) is 51.3. The fourth-order valence-corrected chi connectivity index (χ4v) is 8.26. The highest BCUT2D eigenvalue weighted by Gasteiger charge is 2.15. The fraction of sp³-hybridized carbons (Fsp3) is 1.00. The number of hydrogen-bond acceptors (Lipinski definition) is 4. The van der Waals surface area contributed by atoms with Gasteiger partial charge < -0.3 is 32.7 Å². The van der Waals surface area contributed by atoms with E-state index in [-0.39, 0.29) is 0 Å². The fourth-order valence-electron chi connectivity index (χ4n) is 8.26. The minimum atomic E-state index is -5.39. The molecule has 0 aromatic rings. The van der Waals surface area contributed by atoms with E-state index in [1.54, 1.807) is 0 Å². The lowest BCUT2D eigenvalue weighted by Crippen LogP contribution is -2.41. The average Bonchev–Trinajstić information content (AvgIpc) is 3.20. The van der Waals surface area contributed by atoms with Gasteiger partial charge in [-0.2, -0.15) is 7.82 Å². The molecule has 0 amide bonds. The van der Waals surface area contributed by atoms with Gasteiger partial charge in [-0.05, 0) is 77.0 Å². The second kappa shape index (κ2) is 50.4. The zero-order valence-electron chi connectivity index (χ0n) is 45.1. The molecule has 380 valence electrons. The number of quaternary nitrogens is 3. The van der Waals surface area contributed by atoms with Crippen LogP contribution >= 0.6 is 7.82 Å². The van der Waals surface area contributed by atoms with Crippen LogP contribution in [0.15, 0.2) is 0 Å². The Kier molecular flexibility index (Phi) is 55.7. The molecule has 0 aliphatic heterocycles. The maximum atomic E-state index is 8.55. The third-order valence-electron chi connectivity index (χ3n) is 12.7. The number of phosphoric acid groups is 1. The number of hydrogen-bond donors (Lipinski definition) is 0. The number of unbranched alkanes of at least 4 members (excludes halogenated alkanes) is 30. The van der Waals surface area contributed by atoms with Gasteiger partial charge >= 0.3 is 0 Å². The standard InChI is InChI=1S/3C18H40N.H3O4P/c3*1-5-7-9-11-12-13-14-16-18-19(3,4)17-15-10-8-6-2;1-5(2,3)4/h3*5-18H2,1-4H3;(H3,1,2,3,4)/q3*+1;/p-3. The largest absolute Gasteiger partial charge is 0.822 e. The van der Waals surface area contributed by atoms with Gasteiger partial charge in [0.15, 0.2) is 0 Å². The molecule has 0 fully saturated rings. The second-order valence-corrected chi connectivity index (χ2v) is 22.1. The molecule has 0 saturated heterocycles. The first-order chi connectivity index (χ1) is 29.4. The molecule has 7 nitrogen and oxygen atoms in total. The summed E-state index contributed by atoms with van der Waals surface area (Å²) in [5.41, 5.74) is 0.